The predicted molar refractivity (Wildman–Crippen MR) is 53.1 cm³/mol. The molecule has 4 heteroatoms. The van der Waals surface area contributed by atoms with Crippen LogP contribution in [0.2, 0.25) is 0 Å². The van der Waals surface area contributed by atoms with Crippen LogP contribution < -0.4 is 0 Å². The fraction of sp³-hybridized carbons (Fsp3) is 0.900. The van der Waals surface area contributed by atoms with Crippen molar-refractivity contribution in [1.29, 1.82) is 0 Å². The Morgan fingerprint density at radius 2 is 2.21 bits per heavy atom. The zero-order valence-corrected chi connectivity index (χ0v) is 8.86. The zero-order chi connectivity index (χ0) is 10.8. The Bertz CT molecular complexity index is 217. The van der Waals surface area contributed by atoms with E-state index in [9.17, 15) is 9.90 Å². The van der Waals surface area contributed by atoms with E-state index in [1.165, 1.54) is 0 Å². The van der Waals surface area contributed by atoms with Gasteiger partial charge in [0.2, 0.25) is 0 Å². The van der Waals surface area contributed by atoms with Crippen LogP contribution in [-0.4, -0.2) is 45.8 Å². The number of piperidine rings is 1. The predicted octanol–water partition coefficient (Wildman–Crippen LogP) is 0.696. The number of carboxylic acids is 1. The molecule has 14 heavy (non-hydrogen) atoms. The number of aliphatic hydroxyl groups is 1. The molecule has 0 saturated carbocycles. The Hall–Kier alpha value is -0.610. The van der Waals surface area contributed by atoms with Gasteiger partial charge < -0.3 is 10.2 Å². The van der Waals surface area contributed by atoms with E-state index >= 15 is 0 Å². The van der Waals surface area contributed by atoms with Gasteiger partial charge in [0.15, 0.2) is 0 Å². The van der Waals surface area contributed by atoms with Crippen molar-refractivity contribution in [1.82, 2.24) is 4.90 Å². The van der Waals surface area contributed by atoms with Crippen LogP contribution in [0.25, 0.3) is 0 Å². The standard InChI is InChI=1S/C10H19NO3/c1-8(12)7-11-6-4-3-5-10(11,2)9(13)14/h8,12H,3-7H2,1-2H3,(H,13,14). The van der Waals surface area contributed by atoms with Crippen molar-refractivity contribution in [2.24, 2.45) is 0 Å². The van der Waals surface area contributed by atoms with Crippen LogP contribution in [0.3, 0.4) is 0 Å². The molecule has 0 radical (unpaired) electrons. The first-order chi connectivity index (χ1) is 6.47. The van der Waals surface area contributed by atoms with Crippen molar-refractivity contribution < 1.29 is 15.0 Å². The molecular formula is C10H19NO3. The largest absolute Gasteiger partial charge is 0.480 e. The smallest absolute Gasteiger partial charge is 0.323 e. The molecule has 2 unspecified atom stereocenters. The fourth-order valence-electron chi connectivity index (χ4n) is 2.03. The minimum absolute atomic E-state index is 0.447. The SMILES string of the molecule is CC(O)CN1CCCCC1(C)C(=O)O. The lowest BCUT2D eigenvalue weighted by Crippen LogP contribution is -2.56. The maximum atomic E-state index is 11.1. The summed E-state index contributed by atoms with van der Waals surface area (Å²) in [5, 5.41) is 18.4. The van der Waals surface area contributed by atoms with Crippen LogP contribution in [0.4, 0.5) is 0 Å². The van der Waals surface area contributed by atoms with E-state index in [1.54, 1.807) is 13.8 Å². The van der Waals surface area contributed by atoms with E-state index in [4.69, 9.17) is 5.11 Å². The number of nitrogens with zero attached hydrogens (tertiary/aromatic N) is 1. The third-order valence-electron chi connectivity index (χ3n) is 2.98. The highest BCUT2D eigenvalue weighted by Crippen LogP contribution is 2.28. The molecule has 0 aromatic heterocycles. The number of hydrogen-bond acceptors (Lipinski definition) is 3. The average molecular weight is 201 g/mol. The Kier molecular flexibility index (Phi) is 3.50. The van der Waals surface area contributed by atoms with Crippen LogP contribution >= 0.6 is 0 Å². The summed E-state index contributed by atoms with van der Waals surface area (Å²) < 4.78 is 0. The summed E-state index contributed by atoms with van der Waals surface area (Å²) in [5.41, 5.74) is -0.783. The van der Waals surface area contributed by atoms with Gasteiger partial charge in [0.05, 0.1) is 6.10 Å². The van der Waals surface area contributed by atoms with E-state index in [0.29, 0.717) is 13.0 Å². The van der Waals surface area contributed by atoms with E-state index in [0.717, 1.165) is 19.4 Å². The molecule has 0 aromatic rings. The lowest BCUT2D eigenvalue weighted by atomic mass is 9.88. The van der Waals surface area contributed by atoms with Crippen LogP contribution in [0.15, 0.2) is 0 Å². The number of hydrogen-bond donors (Lipinski definition) is 2. The first-order valence-corrected chi connectivity index (χ1v) is 5.13. The van der Waals surface area contributed by atoms with Gasteiger partial charge in [-0.05, 0) is 39.7 Å². The number of aliphatic hydroxyl groups excluding tert-OH is 1. The minimum Gasteiger partial charge on any atom is -0.480 e. The Balaban J connectivity index is 2.72. The summed E-state index contributed by atoms with van der Waals surface area (Å²) in [6, 6.07) is 0. The van der Waals surface area contributed by atoms with Crippen LogP contribution in [-0.2, 0) is 4.79 Å². The van der Waals surface area contributed by atoms with Crippen molar-refractivity contribution >= 4 is 5.97 Å². The lowest BCUT2D eigenvalue weighted by molar-refractivity contribution is -0.153. The van der Waals surface area contributed by atoms with Gasteiger partial charge in [0.1, 0.15) is 5.54 Å². The maximum Gasteiger partial charge on any atom is 0.323 e. The molecule has 0 aliphatic carbocycles. The van der Waals surface area contributed by atoms with Crippen LogP contribution in [0, 0.1) is 0 Å². The molecule has 1 fully saturated rings. The molecule has 0 aromatic carbocycles. The van der Waals surface area contributed by atoms with Crippen LogP contribution in [0.1, 0.15) is 33.1 Å². The molecule has 82 valence electrons. The highest BCUT2D eigenvalue weighted by atomic mass is 16.4. The van der Waals surface area contributed by atoms with Gasteiger partial charge in [-0.3, -0.25) is 9.69 Å². The van der Waals surface area contributed by atoms with E-state index < -0.39 is 17.6 Å². The van der Waals surface area contributed by atoms with Gasteiger partial charge in [-0.2, -0.15) is 0 Å². The number of likely N-dealkylation sites (tertiary alicyclic amines) is 1. The van der Waals surface area contributed by atoms with Gasteiger partial charge in [0, 0.05) is 6.54 Å². The average Bonchev–Trinajstić information content (AvgIpc) is 2.08. The van der Waals surface area contributed by atoms with Gasteiger partial charge in [-0.1, -0.05) is 0 Å². The molecule has 1 saturated heterocycles. The number of aliphatic carboxylic acids is 1. The zero-order valence-electron chi connectivity index (χ0n) is 8.86. The molecule has 2 atom stereocenters. The minimum atomic E-state index is -0.783. The number of β-amino-alcohol motifs (C(OH)–C–C–N with tert-alkyl or cyclic N) is 1. The maximum absolute atomic E-state index is 11.1. The fourth-order valence-corrected chi connectivity index (χ4v) is 2.03. The normalized spacial score (nSPS) is 31.4. The Morgan fingerprint density at radius 1 is 1.57 bits per heavy atom. The van der Waals surface area contributed by atoms with Crippen molar-refractivity contribution in [3.8, 4) is 0 Å². The molecular weight excluding hydrogens is 182 g/mol. The Morgan fingerprint density at radius 3 is 2.71 bits per heavy atom. The first-order valence-electron chi connectivity index (χ1n) is 5.13. The summed E-state index contributed by atoms with van der Waals surface area (Å²) in [5.74, 6) is -0.780. The van der Waals surface area contributed by atoms with Gasteiger partial charge >= 0.3 is 5.97 Å². The molecule has 1 heterocycles. The molecule has 0 spiro atoms. The van der Waals surface area contributed by atoms with E-state index in [2.05, 4.69) is 0 Å². The number of rotatable bonds is 3. The topological polar surface area (TPSA) is 60.8 Å². The lowest BCUT2D eigenvalue weighted by Gasteiger charge is -2.42. The summed E-state index contributed by atoms with van der Waals surface area (Å²) in [6.07, 6.45) is 2.19. The van der Waals surface area contributed by atoms with E-state index in [1.807, 2.05) is 4.90 Å². The van der Waals surface area contributed by atoms with Gasteiger partial charge in [-0.25, -0.2) is 0 Å². The second-order valence-electron chi connectivity index (χ2n) is 4.33. The Labute approximate surface area is 84.5 Å². The highest BCUT2D eigenvalue weighted by Gasteiger charge is 2.41. The molecule has 2 N–H and O–H groups in total. The molecule has 1 aliphatic rings. The number of carboxylic acid groups (broad SMARTS) is 1. The number of carbonyl (C=O) groups is 1. The third kappa shape index (κ3) is 2.25. The second-order valence-corrected chi connectivity index (χ2v) is 4.33. The molecule has 1 aliphatic heterocycles. The van der Waals surface area contributed by atoms with Gasteiger partial charge in [0.25, 0.3) is 0 Å². The van der Waals surface area contributed by atoms with Crippen molar-refractivity contribution in [2.75, 3.05) is 13.1 Å². The van der Waals surface area contributed by atoms with Crippen molar-refractivity contribution in [3.63, 3.8) is 0 Å². The molecule has 0 bridgehead atoms. The first kappa shape index (κ1) is 11.5. The highest BCUT2D eigenvalue weighted by molar-refractivity contribution is 5.78. The van der Waals surface area contributed by atoms with Crippen LogP contribution in [0.5, 0.6) is 0 Å². The second kappa shape index (κ2) is 4.28. The summed E-state index contributed by atoms with van der Waals surface area (Å²) in [7, 11) is 0. The third-order valence-corrected chi connectivity index (χ3v) is 2.98. The quantitative estimate of drug-likeness (QED) is 0.705. The monoisotopic (exact) mass is 201 g/mol. The molecule has 1 rings (SSSR count). The molecule has 4 nitrogen and oxygen atoms in total. The summed E-state index contributed by atoms with van der Waals surface area (Å²) in [4.78, 5) is 13.0. The summed E-state index contributed by atoms with van der Waals surface area (Å²) >= 11 is 0. The van der Waals surface area contributed by atoms with Gasteiger partial charge in [-0.15, -0.1) is 0 Å². The summed E-state index contributed by atoms with van der Waals surface area (Å²) in [6.45, 7) is 4.66. The van der Waals surface area contributed by atoms with Crippen molar-refractivity contribution in [2.45, 2.75) is 44.8 Å². The molecule has 0 amide bonds. The van der Waals surface area contributed by atoms with Crippen molar-refractivity contribution in [3.05, 3.63) is 0 Å². The van der Waals surface area contributed by atoms with E-state index in [-0.39, 0.29) is 0 Å².